The monoisotopic (exact) mass is 201 g/mol. The van der Waals surface area contributed by atoms with Crippen LogP contribution in [0.1, 0.15) is 12.8 Å². The zero-order valence-corrected chi connectivity index (χ0v) is 8.64. The molecule has 2 rings (SSSR count). The number of carboxylic acids is 1. The summed E-state index contributed by atoms with van der Waals surface area (Å²) in [6, 6.07) is 0. The molecule has 0 aliphatic carbocycles. The predicted octanol–water partition coefficient (Wildman–Crippen LogP) is 0.898. The minimum Gasteiger partial charge on any atom is -0.481 e. The lowest BCUT2D eigenvalue weighted by molar-refractivity contribution is -0.142. The van der Waals surface area contributed by atoms with Crippen molar-refractivity contribution in [2.45, 2.75) is 17.6 Å². The highest BCUT2D eigenvalue weighted by Crippen LogP contribution is 2.48. The number of thioether (sulfide) groups is 1. The van der Waals surface area contributed by atoms with Crippen molar-refractivity contribution in [2.24, 2.45) is 5.92 Å². The zero-order valence-electron chi connectivity index (χ0n) is 7.82. The molecule has 2 heterocycles. The molecule has 0 aromatic heterocycles. The van der Waals surface area contributed by atoms with Crippen LogP contribution in [0.2, 0.25) is 0 Å². The molecule has 2 fully saturated rings. The molecule has 2 aliphatic rings. The van der Waals surface area contributed by atoms with Gasteiger partial charge in [0.05, 0.1) is 5.92 Å². The van der Waals surface area contributed by atoms with E-state index in [4.69, 9.17) is 5.11 Å². The molecule has 2 unspecified atom stereocenters. The second-order valence-corrected chi connectivity index (χ2v) is 5.59. The van der Waals surface area contributed by atoms with Crippen molar-refractivity contribution >= 4 is 17.7 Å². The summed E-state index contributed by atoms with van der Waals surface area (Å²) in [7, 11) is 2.08. The van der Waals surface area contributed by atoms with Crippen molar-refractivity contribution in [2.75, 3.05) is 25.9 Å². The molecule has 2 aliphatic heterocycles. The maximum Gasteiger partial charge on any atom is 0.307 e. The van der Waals surface area contributed by atoms with Gasteiger partial charge in [0.15, 0.2) is 0 Å². The van der Waals surface area contributed by atoms with Crippen LogP contribution in [0.4, 0.5) is 0 Å². The van der Waals surface area contributed by atoms with Crippen LogP contribution in [0, 0.1) is 5.92 Å². The molecule has 2 saturated heterocycles. The third kappa shape index (κ3) is 1.46. The summed E-state index contributed by atoms with van der Waals surface area (Å²) in [5.41, 5.74) is 0. The Morgan fingerprint density at radius 1 is 1.69 bits per heavy atom. The first-order valence-corrected chi connectivity index (χ1v) is 5.68. The lowest BCUT2D eigenvalue weighted by Crippen LogP contribution is -2.37. The van der Waals surface area contributed by atoms with Crippen molar-refractivity contribution in [1.82, 2.24) is 4.90 Å². The molecule has 1 N–H and O–H groups in total. The fourth-order valence-electron chi connectivity index (χ4n) is 2.49. The van der Waals surface area contributed by atoms with E-state index < -0.39 is 5.97 Å². The first kappa shape index (κ1) is 9.34. The van der Waals surface area contributed by atoms with Gasteiger partial charge >= 0.3 is 5.97 Å². The number of hydrogen-bond donors (Lipinski definition) is 1. The van der Waals surface area contributed by atoms with Gasteiger partial charge in [-0.25, -0.2) is 0 Å². The number of carboxylic acid groups (broad SMARTS) is 1. The minimum absolute atomic E-state index is 0.0422. The molecule has 0 bridgehead atoms. The van der Waals surface area contributed by atoms with E-state index in [-0.39, 0.29) is 10.7 Å². The largest absolute Gasteiger partial charge is 0.481 e. The maximum absolute atomic E-state index is 11.0. The first-order valence-electron chi connectivity index (χ1n) is 4.69. The summed E-state index contributed by atoms with van der Waals surface area (Å²) in [6.45, 7) is 2.01. The smallest absolute Gasteiger partial charge is 0.307 e. The highest BCUT2D eigenvalue weighted by atomic mass is 32.2. The standard InChI is InChI=1S/C9H15NO2S/c1-10-4-3-9(6-10)7(8(11)12)2-5-13-9/h7H,2-6H2,1H3,(H,11,12). The summed E-state index contributed by atoms with van der Waals surface area (Å²) < 4.78 is 0.0422. The van der Waals surface area contributed by atoms with Gasteiger partial charge in [-0.1, -0.05) is 0 Å². The van der Waals surface area contributed by atoms with Crippen molar-refractivity contribution in [1.29, 1.82) is 0 Å². The maximum atomic E-state index is 11.0. The van der Waals surface area contributed by atoms with Gasteiger partial charge in [-0.3, -0.25) is 4.79 Å². The van der Waals surface area contributed by atoms with Gasteiger partial charge in [0, 0.05) is 11.3 Å². The molecule has 4 heteroatoms. The van der Waals surface area contributed by atoms with Crippen LogP contribution < -0.4 is 0 Å². The van der Waals surface area contributed by atoms with Crippen LogP contribution in [0.25, 0.3) is 0 Å². The molecular weight excluding hydrogens is 186 g/mol. The topological polar surface area (TPSA) is 40.5 Å². The average Bonchev–Trinajstić information content (AvgIpc) is 2.60. The van der Waals surface area contributed by atoms with Gasteiger partial charge < -0.3 is 10.0 Å². The number of aliphatic carboxylic acids is 1. The van der Waals surface area contributed by atoms with Crippen LogP contribution in [-0.2, 0) is 4.79 Å². The van der Waals surface area contributed by atoms with E-state index >= 15 is 0 Å². The number of hydrogen-bond acceptors (Lipinski definition) is 3. The SMILES string of the molecule is CN1CCC2(C1)SCCC2C(=O)O. The zero-order chi connectivity index (χ0) is 9.47. The summed E-state index contributed by atoms with van der Waals surface area (Å²) >= 11 is 1.87. The van der Waals surface area contributed by atoms with Crippen molar-refractivity contribution in [3.05, 3.63) is 0 Å². The third-order valence-electron chi connectivity index (χ3n) is 3.18. The number of rotatable bonds is 1. The van der Waals surface area contributed by atoms with E-state index in [0.717, 1.165) is 31.7 Å². The second kappa shape index (κ2) is 3.17. The van der Waals surface area contributed by atoms with Gasteiger partial charge in [-0.05, 0) is 32.2 Å². The predicted molar refractivity (Wildman–Crippen MR) is 53.0 cm³/mol. The minimum atomic E-state index is -0.597. The molecule has 3 nitrogen and oxygen atoms in total. The van der Waals surface area contributed by atoms with E-state index in [1.165, 1.54) is 0 Å². The van der Waals surface area contributed by atoms with E-state index in [9.17, 15) is 4.79 Å². The van der Waals surface area contributed by atoms with Crippen LogP contribution in [-0.4, -0.2) is 46.6 Å². The van der Waals surface area contributed by atoms with Crippen LogP contribution in [0.15, 0.2) is 0 Å². The average molecular weight is 201 g/mol. The lowest BCUT2D eigenvalue weighted by atomic mass is 9.89. The lowest BCUT2D eigenvalue weighted by Gasteiger charge is -2.26. The fourth-order valence-corrected chi connectivity index (χ4v) is 4.22. The van der Waals surface area contributed by atoms with Gasteiger partial charge in [-0.15, -0.1) is 0 Å². The highest BCUT2D eigenvalue weighted by Gasteiger charge is 2.50. The van der Waals surface area contributed by atoms with Crippen LogP contribution in [0.5, 0.6) is 0 Å². The van der Waals surface area contributed by atoms with E-state index in [1.54, 1.807) is 0 Å². The Morgan fingerprint density at radius 2 is 2.46 bits per heavy atom. The third-order valence-corrected chi connectivity index (χ3v) is 4.82. The van der Waals surface area contributed by atoms with Crippen LogP contribution >= 0.6 is 11.8 Å². The molecule has 0 radical (unpaired) electrons. The highest BCUT2D eigenvalue weighted by molar-refractivity contribution is 8.01. The van der Waals surface area contributed by atoms with Gasteiger partial charge in [-0.2, -0.15) is 11.8 Å². The van der Waals surface area contributed by atoms with Gasteiger partial charge in [0.25, 0.3) is 0 Å². The molecule has 74 valence electrons. The molecule has 0 amide bonds. The molecule has 0 saturated carbocycles. The Morgan fingerprint density at radius 3 is 3.00 bits per heavy atom. The van der Waals surface area contributed by atoms with E-state index in [0.29, 0.717) is 0 Å². The Kier molecular flexibility index (Phi) is 2.28. The normalized spacial score (nSPS) is 40.2. The molecule has 13 heavy (non-hydrogen) atoms. The number of carbonyl (C=O) groups is 1. The van der Waals surface area contributed by atoms with Crippen molar-refractivity contribution in [3.8, 4) is 0 Å². The van der Waals surface area contributed by atoms with Gasteiger partial charge in [0.1, 0.15) is 0 Å². The van der Waals surface area contributed by atoms with Gasteiger partial charge in [0.2, 0.25) is 0 Å². The molecule has 2 atom stereocenters. The first-order chi connectivity index (χ1) is 6.14. The fraction of sp³-hybridized carbons (Fsp3) is 0.889. The summed E-state index contributed by atoms with van der Waals surface area (Å²) in [5, 5.41) is 9.09. The van der Waals surface area contributed by atoms with Crippen molar-refractivity contribution < 1.29 is 9.90 Å². The van der Waals surface area contributed by atoms with E-state index in [1.807, 2.05) is 11.8 Å². The number of nitrogens with zero attached hydrogens (tertiary/aromatic N) is 1. The number of likely N-dealkylation sites (tertiary alicyclic amines) is 1. The van der Waals surface area contributed by atoms with E-state index in [2.05, 4.69) is 11.9 Å². The molecule has 0 aromatic rings. The van der Waals surface area contributed by atoms with Crippen molar-refractivity contribution in [3.63, 3.8) is 0 Å². The Labute approximate surface area is 82.5 Å². The Bertz CT molecular complexity index is 234. The summed E-state index contributed by atoms with van der Waals surface area (Å²) in [5.74, 6) is 0.313. The summed E-state index contributed by atoms with van der Waals surface area (Å²) in [4.78, 5) is 13.3. The molecular formula is C9H15NO2S. The van der Waals surface area contributed by atoms with Crippen LogP contribution in [0.3, 0.4) is 0 Å². The quantitative estimate of drug-likeness (QED) is 0.684. The summed E-state index contributed by atoms with van der Waals surface area (Å²) in [6.07, 6.45) is 1.90. The molecule has 1 spiro atoms. The Hall–Kier alpha value is -0.220. The second-order valence-electron chi connectivity index (χ2n) is 4.08. The Balaban J connectivity index is 2.16. The molecule has 0 aromatic carbocycles.